The monoisotopic (exact) mass is 416 g/mol. The fourth-order valence-corrected chi connectivity index (χ4v) is 3.79. The molecule has 0 fully saturated rings. The number of carbonyl (C=O) groups excluding carboxylic acids is 1. The molecule has 9 nitrogen and oxygen atoms in total. The molecule has 0 aliphatic heterocycles. The standard InChI is InChI=1S/C19H20N4O5S/c1-13(24)27-10-9-20-15-12-16(17-18(22-28-21-17)19(15)23(25)26)29-11-5-8-14-6-3-2-4-7-14/h2-4,6-7,12,20H,5,8-11H2,1H3. The molecule has 0 saturated carbocycles. The molecule has 0 spiro atoms. The number of nitrogens with zero attached hydrogens (tertiary/aromatic N) is 3. The first-order chi connectivity index (χ1) is 14.1. The highest BCUT2D eigenvalue weighted by Gasteiger charge is 2.25. The van der Waals surface area contributed by atoms with Crippen LogP contribution in [0.25, 0.3) is 11.0 Å². The summed E-state index contributed by atoms with van der Waals surface area (Å²) < 4.78 is 9.63. The number of fused-ring (bicyclic) bond motifs is 1. The number of esters is 1. The molecule has 0 radical (unpaired) electrons. The fourth-order valence-electron chi connectivity index (χ4n) is 2.81. The number of carbonyl (C=O) groups is 1. The zero-order valence-corrected chi connectivity index (χ0v) is 16.6. The lowest BCUT2D eigenvalue weighted by Gasteiger charge is -2.10. The number of aromatic nitrogens is 2. The van der Waals surface area contributed by atoms with Gasteiger partial charge in [0.2, 0.25) is 5.52 Å². The van der Waals surface area contributed by atoms with E-state index in [0.29, 0.717) is 5.52 Å². The number of hydrogen-bond acceptors (Lipinski definition) is 9. The topological polar surface area (TPSA) is 120 Å². The summed E-state index contributed by atoms with van der Waals surface area (Å²) in [5.74, 6) is 0.397. The second kappa shape index (κ2) is 9.87. The van der Waals surface area contributed by atoms with E-state index >= 15 is 0 Å². The van der Waals surface area contributed by atoms with Gasteiger partial charge in [-0.15, -0.1) is 11.8 Å². The molecule has 0 amide bonds. The minimum absolute atomic E-state index is 0.0954. The SMILES string of the molecule is CC(=O)OCCNc1cc(SCCCc2ccccc2)c2nonc2c1[N+](=O)[O-]. The summed E-state index contributed by atoms with van der Waals surface area (Å²) in [5.41, 5.74) is 1.80. The maximum absolute atomic E-state index is 11.6. The van der Waals surface area contributed by atoms with Gasteiger partial charge < -0.3 is 10.1 Å². The summed E-state index contributed by atoms with van der Waals surface area (Å²) in [6.07, 6.45) is 1.88. The number of rotatable bonds is 10. The van der Waals surface area contributed by atoms with E-state index < -0.39 is 10.9 Å². The van der Waals surface area contributed by atoms with Gasteiger partial charge in [-0.1, -0.05) is 30.3 Å². The Hall–Kier alpha value is -3.14. The summed E-state index contributed by atoms with van der Waals surface area (Å²) in [4.78, 5) is 22.7. The predicted octanol–water partition coefficient (Wildman–Crippen LogP) is 3.83. The Morgan fingerprint density at radius 2 is 2.03 bits per heavy atom. The third-order valence-electron chi connectivity index (χ3n) is 4.09. The molecule has 3 rings (SSSR count). The van der Waals surface area contributed by atoms with E-state index in [2.05, 4.69) is 27.8 Å². The maximum atomic E-state index is 11.6. The van der Waals surface area contributed by atoms with Crippen LogP contribution in [0, 0.1) is 10.1 Å². The van der Waals surface area contributed by atoms with E-state index in [4.69, 9.17) is 9.37 Å². The molecule has 2 aromatic carbocycles. The Balaban J connectivity index is 1.73. The van der Waals surface area contributed by atoms with E-state index in [-0.39, 0.29) is 30.0 Å². The van der Waals surface area contributed by atoms with Crippen molar-refractivity contribution >= 4 is 40.1 Å². The van der Waals surface area contributed by atoms with Crippen LogP contribution < -0.4 is 5.32 Å². The largest absolute Gasteiger partial charge is 0.464 e. The molecule has 152 valence electrons. The molecule has 0 aliphatic rings. The van der Waals surface area contributed by atoms with Crippen molar-refractivity contribution in [2.24, 2.45) is 0 Å². The molecule has 1 N–H and O–H groups in total. The second-order valence-electron chi connectivity index (χ2n) is 6.19. The molecular weight excluding hydrogens is 396 g/mol. The predicted molar refractivity (Wildman–Crippen MR) is 109 cm³/mol. The molecule has 0 bridgehead atoms. The zero-order chi connectivity index (χ0) is 20.6. The molecule has 0 saturated heterocycles. The summed E-state index contributed by atoms with van der Waals surface area (Å²) in [7, 11) is 0. The van der Waals surface area contributed by atoms with Crippen LogP contribution in [-0.4, -0.2) is 40.1 Å². The second-order valence-corrected chi connectivity index (χ2v) is 7.33. The van der Waals surface area contributed by atoms with Gasteiger partial charge in [0.05, 0.1) is 4.92 Å². The van der Waals surface area contributed by atoms with Gasteiger partial charge in [0.1, 0.15) is 12.3 Å². The number of anilines is 1. The number of nitrogens with one attached hydrogen (secondary N) is 1. The third-order valence-corrected chi connectivity index (χ3v) is 5.21. The highest BCUT2D eigenvalue weighted by molar-refractivity contribution is 7.99. The number of nitro groups is 1. The van der Waals surface area contributed by atoms with Crippen molar-refractivity contribution in [3.63, 3.8) is 0 Å². The normalized spacial score (nSPS) is 10.8. The first kappa shape index (κ1) is 20.6. The Kier molecular flexibility index (Phi) is 7.01. The van der Waals surface area contributed by atoms with E-state index in [1.54, 1.807) is 17.8 Å². The maximum Gasteiger partial charge on any atom is 0.323 e. The summed E-state index contributed by atoms with van der Waals surface area (Å²) in [6, 6.07) is 11.8. The van der Waals surface area contributed by atoms with Crippen molar-refractivity contribution in [3.05, 3.63) is 52.1 Å². The van der Waals surface area contributed by atoms with Crippen LogP contribution in [0.5, 0.6) is 0 Å². The number of thioether (sulfide) groups is 1. The van der Waals surface area contributed by atoms with Crippen molar-refractivity contribution in [1.82, 2.24) is 10.3 Å². The van der Waals surface area contributed by atoms with Crippen LogP contribution >= 0.6 is 11.8 Å². The van der Waals surface area contributed by atoms with Crippen LogP contribution in [0.4, 0.5) is 11.4 Å². The lowest BCUT2D eigenvalue weighted by atomic mass is 10.1. The minimum atomic E-state index is -0.523. The third kappa shape index (κ3) is 5.44. The zero-order valence-electron chi connectivity index (χ0n) is 15.8. The van der Waals surface area contributed by atoms with Gasteiger partial charge in [-0.3, -0.25) is 14.9 Å². The lowest BCUT2D eigenvalue weighted by molar-refractivity contribution is -0.382. The fraction of sp³-hybridized carbons (Fsp3) is 0.316. The van der Waals surface area contributed by atoms with Crippen molar-refractivity contribution in [2.45, 2.75) is 24.7 Å². The van der Waals surface area contributed by atoms with Crippen LogP contribution in [0.15, 0.2) is 45.9 Å². The van der Waals surface area contributed by atoms with Crippen molar-refractivity contribution < 1.29 is 19.1 Å². The number of benzene rings is 2. The Labute approximate surface area is 170 Å². The number of ether oxygens (including phenoxy) is 1. The minimum Gasteiger partial charge on any atom is -0.464 e. The molecule has 0 aliphatic carbocycles. The van der Waals surface area contributed by atoms with E-state index in [0.717, 1.165) is 23.5 Å². The van der Waals surface area contributed by atoms with Gasteiger partial charge in [0.15, 0.2) is 5.52 Å². The first-order valence-corrected chi connectivity index (χ1v) is 10.0. The Bertz CT molecular complexity index is 993. The van der Waals surface area contributed by atoms with E-state index in [1.807, 2.05) is 18.2 Å². The van der Waals surface area contributed by atoms with Gasteiger partial charge >= 0.3 is 11.7 Å². The van der Waals surface area contributed by atoms with Crippen molar-refractivity contribution in [2.75, 3.05) is 24.2 Å². The molecule has 0 atom stereocenters. The number of nitro benzene ring substituents is 1. The van der Waals surface area contributed by atoms with Crippen molar-refractivity contribution in [1.29, 1.82) is 0 Å². The van der Waals surface area contributed by atoms with Gasteiger partial charge in [-0.25, -0.2) is 4.63 Å². The van der Waals surface area contributed by atoms with Crippen LogP contribution in [0.1, 0.15) is 18.9 Å². The van der Waals surface area contributed by atoms with Crippen LogP contribution in [0.2, 0.25) is 0 Å². The molecule has 1 heterocycles. The lowest BCUT2D eigenvalue weighted by Crippen LogP contribution is -2.13. The molecule has 3 aromatic rings. The summed E-state index contributed by atoms with van der Waals surface area (Å²) in [6.45, 7) is 1.64. The molecular formula is C19H20N4O5S. The van der Waals surface area contributed by atoms with Gasteiger partial charge in [-0.2, -0.15) is 0 Å². The highest BCUT2D eigenvalue weighted by atomic mass is 32.2. The van der Waals surface area contributed by atoms with Crippen molar-refractivity contribution in [3.8, 4) is 0 Å². The van der Waals surface area contributed by atoms with Gasteiger partial charge in [-0.05, 0) is 40.5 Å². The molecule has 0 unspecified atom stereocenters. The van der Waals surface area contributed by atoms with E-state index in [1.165, 1.54) is 12.5 Å². The van der Waals surface area contributed by atoms with Gasteiger partial charge in [0.25, 0.3) is 0 Å². The quantitative estimate of drug-likeness (QED) is 0.173. The molecule has 1 aromatic heterocycles. The summed E-state index contributed by atoms with van der Waals surface area (Å²) >= 11 is 1.54. The first-order valence-electron chi connectivity index (χ1n) is 9.04. The smallest absolute Gasteiger partial charge is 0.323 e. The van der Waals surface area contributed by atoms with Crippen LogP contribution in [-0.2, 0) is 16.0 Å². The Morgan fingerprint density at radius 1 is 1.28 bits per heavy atom. The van der Waals surface area contributed by atoms with Crippen LogP contribution in [0.3, 0.4) is 0 Å². The average Bonchev–Trinajstić information content (AvgIpc) is 3.18. The van der Waals surface area contributed by atoms with Gasteiger partial charge in [0, 0.05) is 18.4 Å². The summed E-state index contributed by atoms with van der Waals surface area (Å²) in [5, 5.41) is 22.1. The average molecular weight is 416 g/mol. The number of aryl methyl sites for hydroxylation is 1. The Morgan fingerprint density at radius 3 is 2.76 bits per heavy atom. The number of hydrogen-bond donors (Lipinski definition) is 1. The molecule has 29 heavy (non-hydrogen) atoms. The van der Waals surface area contributed by atoms with E-state index in [9.17, 15) is 14.9 Å². The highest BCUT2D eigenvalue weighted by Crippen LogP contribution is 2.38. The molecule has 10 heteroatoms.